The summed E-state index contributed by atoms with van der Waals surface area (Å²) in [4.78, 5) is 18.1. The number of halogens is 1. The number of para-hydroxylation sites is 1. The zero-order valence-corrected chi connectivity index (χ0v) is 15.1. The highest BCUT2D eigenvalue weighted by Crippen LogP contribution is 2.33. The Balaban J connectivity index is 1.86. The fraction of sp³-hybridized carbons (Fsp3) is 0.0526. The molecule has 4 aromatic rings. The average Bonchev–Trinajstić information content (AvgIpc) is 2.96. The summed E-state index contributed by atoms with van der Waals surface area (Å²) in [7, 11) is 0. The second-order valence-corrected chi connectivity index (χ2v) is 7.53. The molecule has 5 heteroatoms. The molecule has 118 valence electrons. The van der Waals surface area contributed by atoms with E-state index < -0.39 is 0 Å². The van der Waals surface area contributed by atoms with Gasteiger partial charge in [0.2, 0.25) is 0 Å². The van der Waals surface area contributed by atoms with E-state index in [0.717, 1.165) is 26.0 Å². The van der Waals surface area contributed by atoms with Crippen LogP contribution in [0.1, 0.15) is 4.88 Å². The molecule has 2 aromatic carbocycles. The zero-order chi connectivity index (χ0) is 16.7. The Hall–Kier alpha value is -2.24. The molecule has 0 aliphatic heterocycles. The van der Waals surface area contributed by atoms with E-state index in [1.165, 1.54) is 11.3 Å². The number of fused-ring (bicyclic) bond motifs is 1. The van der Waals surface area contributed by atoms with Crippen molar-refractivity contribution in [3.05, 3.63) is 74.4 Å². The summed E-state index contributed by atoms with van der Waals surface area (Å²) in [5.74, 6) is 0. The number of nitrogens with zero attached hydrogens (tertiary/aromatic N) is 1. The van der Waals surface area contributed by atoms with Crippen molar-refractivity contribution < 1.29 is 4.42 Å². The lowest BCUT2D eigenvalue weighted by Crippen LogP contribution is -2.02. The molecule has 24 heavy (non-hydrogen) atoms. The molecule has 0 radical (unpaired) electrons. The molecule has 0 saturated carbocycles. The maximum absolute atomic E-state index is 12.3. The molecule has 0 bridgehead atoms. The molecule has 0 N–H and O–H groups in total. The standard InChI is InChI=1S/C19H12BrNO2S/c1-11-17(12-6-8-14(20)9-7-12)21-18(24-11)15-10-13-4-2-3-5-16(13)23-19(15)22/h2-10H,1H3. The van der Waals surface area contributed by atoms with E-state index in [0.29, 0.717) is 16.2 Å². The van der Waals surface area contributed by atoms with Crippen LogP contribution in [-0.2, 0) is 0 Å². The highest BCUT2D eigenvalue weighted by atomic mass is 79.9. The van der Waals surface area contributed by atoms with Gasteiger partial charge in [-0.2, -0.15) is 0 Å². The first-order chi connectivity index (χ1) is 11.6. The third-order valence-corrected chi connectivity index (χ3v) is 5.32. The van der Waals surface area contributed by atoms with Crippen molar-refractivity contribution in [1.29, 1.82) is 0 Å². The van der Waals surface area contributed by atoms with Crippen LogP contribution in [0.3, 0.4) is 0 Å². The molecule has 2 aromatic heterocycles. The van der Waals surface area contributed by atoms with Gasteiger partial charge in [0.15, 0.2) is 0 Å². The Bertz CT molecular complexity index is 1100. The van der Waals surface area contributed by atoms with Crippen LogP contribution in [-0.4, -0.2) is 4.98 Å². The van der Waals surface area contributed by atoms with Crippen LogP contribution in [0.15, 0.2) is 68.3 Å². The summed E-state index contributed by atoms with van der Waals surface area (Å²) in [6, 6.07) is 17.3. The van der Waals surface area contributed by atoms with Gasteiger partial charge in [-0.15, -0.1) is 11.3 Å². The molecular formula is C19H12BrNO2S. The molecule has 3 nitrogen and oxygen atoms in total. The maximum atomic E-state index is 12.3. The Morgan fingerprint density at radius 1 is 1.08 bits per heavy atom. The first kappa shape index (κ1) is 15.3. The third kappa shape index (κ3) is 2.70. The number of hydrogen-bond acceptors (Lipinski definition) is 4. The minimum absolute atomic E-state index is 0.357. The van der Waals surface area contributed by atoms with Crippen molar-refractivity contribution in [3.8, 4) is 21.8 Å². The molecule has 0 saturated heterocycles. The van der Waals surface area contributed by atoms with E-state index in [2.05, 4.69) is 15.9 Å². The Kier molecular flexibility index (Phi) is 3.82. The predicted molar refractivity (Wildman–Crippen MR) is 101 cm³/mol. The van der Waals surface area contributed by atoms with Crippen molar-refractivity contribution in [2.75, 3.05) is 0 Å². The fourth-order valence-electron chi connectivity index (χ4n) is 2.60. The van der Waals surface area contributed by atoms with Crippen LogP contribution < -0.4 is 5.63 Å². The van der Waals surface area contributed by atoms with Gasteiger partial charge in [-0.25, -0.2) is 9.78 Å². The zero-order valence-electron chi connectivity index (χ0n) is 12.7. The van der Waals surface area contributed by atoms with Crippen LogP contribution in [0.4, 0.5) is 0 Å². The summed E-state index contributed by atoms with van der Waals surface area (Å²) in [6.45, 7) is 2.02. The summed E-state index contributed by atoms with van der Waals surface area (Å²) in [5, 5.41) is 1.58. The van der Waals surface area contributed by atoms with E-state index in [4.69, 9.17) is 9.40 Å². The van der Waals surface area contributed by atoms with Crippen LogP contribution in [0.25, 0.3) is 32.8 Å². The van der Waals surface area contributed by atoms with E-state index in [9.17, 15) is 4.79 Å². The second-order valence-electron chi connectivity index (χ2n) is 5.42. The topological polar surface area (TPSA) is 43.1 Å². The smallest absolute Gasteiger partial charge is 0.346 e. The van der Waals surface area contributed by atoms with Gasteiger partial charge in [0.1, 0.15) is 10.6 Å². The quantitative estimate of drug-likeness (QED) is 0.410. The number of aromatic nitrogens is 1. The van der Waals surface area contributed by atoms with E-state index >= 15 is 0 Å². The van der Waals surface area contributed by atoms with Crippen molar-refractivity contribution in [2.45, 2.75) is 6.92 Å². The van der Waals surface area contributed by atoms with Crippen LogP contribution >= 0.6 is 27.3 Å². The predicted octanol–water partition coefficient (Wildman–Crippen LogP) is 5.65. The van der Waals surface area contributed by atoms with Crippen LogP contribution in [0.2, 0.25) is 0 Å². The lowest BCUT2D eigenvalue weighted by atomic mass is 10.1. The van der Waals surface area contributed by atoms with Gasteiger partial charge in [-0.05, 0) is 31.2 Å². The molecule has 4 rings (SSSR count). The first-order valence-corrected chi connectivity index (χ1v) is 8.99. The largest absolute Gasteiger partial charge is 0.422 e. The van der Waals surface area contributed by atoms with Crippen molar-refractivity contribution in [1.82, 2.24) is 4.98 Å². The monoisotopic (exact) mass is 397 g/mol. The van der Waals surface area contributed by atoms with Crippen LogP contribution in [0.5, 0.6) is 0 Å². The van der Waals surface area contributed by atoms with E-state index in [1.54, 1.807) is 6.07 Å². The number of hydrogen-bond donors (Lipinski definition) is 0. The van der Waals surface area contributed by atoms with Gasteiger partial charge < -0.3 is 4.42 Å². The van der Waals surface area contributed by atoms with Gasteiger partial charge in [-0.1, -0.05) is 46.3 Å². The highest BCUT2D eigenvalue weighted by Gasteiger charge is 2.15. The molecule has 0 atom stereocenters. The Morgan fingerprint density at radius 3 is 2.62 bits per heavy atom. The molecule has 0 aliphatic rings. The number of aryl methyl sites for hydroxylation is 1. The molecule has 0 fully saturated rings. The summed E-state index contributed by atoms with van der Waals surface area (Å²) < 4.78 is 6.45. The maximum Gasteiger partial charge on any atom is 0.346 e. The highest BCUT2D eigenvalue weighted by molar-refractivity contribution is 9.10. The first-order valence-electron chi connectivity index (χ1n) is 7.38. The number of rotatable bonds is 2. The van der Waals surface area contributed by atoms with E-state index in [-0.39, 0.29) is 5.63 Å². The SMILES string of the molecule is Cc1sc(-c2cc3ccccc3oc2=O)nc1-c1ccc(Br)cc1. The molecule has 0 spiro atoms. The van der Waals surface area contributed by atoms with Gasteiger partial charge in [-0.3, -0.25) is 0 Å². The minimum Gasteiger partial charge on any atom is -0.422 e. The van der Waals surface area contributed by atoms with E-state index in [1.807, 2.05) is 55.5 Å². The van der Waals surface area contributed by atoms with Crippen LogP contribution in [0, 0.1) is 6.92 Å². The van der Waals surface area contributed by atoms with Gasteiger partial charge in [0.05, 0.1) is 11.3 Å². The summed E-state index contributed by atoms with van der Waals surface area (Å²) in [5.41, 5.74) is 2.67. The third-order valence-electron chi connectivity index (χ3n) is 3.79. The molecule has 2 heterocycles. The lowest BCUT2D eigenvalue weighted by molar-refractivity contribution is 0.563. The Morgan fingerprint density at radius 2 is 1.83 bits per heavy atom. The number of benzene rings is 2. The normalized spacial score (nSPS) is 11.1. The van der Waals surface area contributed by atoms with Gasteiger partial charge in [0.25, 0.3) is 0 Å². The molecule has 0 unspecified atom stereocenters. The lowest BCUT2D eigenvalue weighted by Gasteiger charge is -1.99. The van der Waals surface area contributed by atoms with Crippen molar-refractivity contribution in [3.63, 3.8) is 0 Å². The molecular weight excluding hydrogens is 386 g/mol. The Labute approximate surface area is 150 Å². The average molecular weight is 398 g/mol. The summed E-state index contributed by atoms with van der Waals surface area (Å²) in [6.07, 6.45) is 0. The van der Waals surface area contributed by atoms with Crippen molar-refractivity contribution in [2.24, 2.45) is 0 Å². The fourth-order valence-corrected chi connectivity index (χ4v) is 3.80. The molecule has 0 amide bonds. The van der Waals surface area contributed by atoms with Gasteiger partial charge in [0, 0.05) is 20.3 Å². The second kappa shape index (κ2) is 6.00. The molecule has 0 aliphatic carbocycles. The summed E-state index contributed by atoms with van der Waals surface area (Å²) >= 11 is 4.95. The van der Waals surface area contributed by atoms with Crippen molar-refractivity contribution >= 4 is 38.2 Å². The number of thiazole rings is 1. The minimum atomic E-state index is -0.357. The van der Waals surface area contributed by atoms with Gasteiger partial charge >= 0.3 is 5.63 Å².